The molecule has 2 atom stereocenters. The smallest absolute Gasteiger partial charge is 0.0582 e. The molecular weight excluding hydrogens is 162 g/mol. The first kappa shape index (κ1) is 11.0. The van der Waals surface area contributed by atoms with Crippen LogP contribution in [0, 0.1) is 11.3 Å². The Kier molecular flexibility index (Phi) is 3.74. The number of aliphatic hydroxyl groups is 1. The molecule has 0 aliphatic heterocycles. The van der Waals surface area contributed by atoms with Gasteiger partial charge in [0.1, 0.15) is 0 Å². The summed E-state index contributed by atoms with van der Waals surface area (Å²) in [7, 11) is 0. The Morgan fingerprint density at radius 3 is 2.77 bits per heavy atom. The summed E-state index contributed by atoms with van der Waals surface area (Å²) < 4.78 is 0. The highest BCUT2D eigenvalue weighted by Crippen LogP contribution is 2.39. The predicted octanol–water partition coefficient (Wildman–Crippen LogP) is 1.91. The number of hydrogen-bond donors (Lipinski definition) is 2. The van der Waals surface area contributed by atoms with Crippen LogP contribution >= 0.6 is 0 Å². The zero-order valence-electron chi connectivity index (χ0n) is 8.92. The SMILES string of the molecule is CC1(C)CCCC(CC(N)CO)C1. The number of nitrogens with two attached hydrogens (primary N) is 1. The van der Waals surface area contributed by atoms with Gasteiger partial charge in [-0.3, -0.25) is 0 Å². The lowest BCUT2D eigenvalue weighted by atomic mass is 9.71. The van der Waals surface area contributed by atoms with Crippen molar-refractivity contribution in [3.63, 3.8) is 0 Å². The van der Waals surface area contributed by atoms with Crippen molar-refractivity contribution in [3.8, 4) is 0 Å². The van der Waals surface area contributed by atoms with Gasteiger partial charge in [0.25, 0.3) is 0 Å². The average Bonchev–Trinajstić information content (AvgIpc) is 2.02. The molecule has 2 unspecified atom stereocenters. The maximum atomic E-state index is 8.87. The van der Waals surface area contributed by atoms with Crippen LogP contribution in [0.2, 0.25) is 0 Å². The zero-order valence-corrected chi connectivity index (χ0v) is 8.92. The molecule has 2 heteroatoms. The van der Waals surface area contributed by atoms with E-state index < -0.39 is 0 Å². The van der Waals surface area contributed by atoms with Gasteiger partial charge in [0.05, 0.1) is 6.61 Å². The number of aliphatic hydroxyl groups excluding tert-OH is 1. The predicted molar refractivity (Wildman–Crippen MR) is 55.4 cm³/mol. The van der Waals surface area contributed by atoms with Crippen LogP contribution in [0.25, 0.3) is 0 Å². The highest BCUT2D eigenvalue weighted by Gasteiger charge is 2.28. The van der Waals surface area contributed by atoms with E-state index in [1.54, 1.807) is 0 Å². The molecule has 1 fully saturated rings. The van der Waals surface area contributed by atoms with Gasteiger partial charge < -0.3 is 10.8 Å². The molecule has 0 aromatic rings. The summed E-state index contributed by atoms with van der Waals surface area (Å²) in [5.74, 6) is 0.742. The van der Waals surface area contributed by atoms with Crippen molar-refractivity contribution in [2.45, 2.75) is 52.0 Å². The summed E-state index contributed by atoms with van der Waals surface area (Å²) in [5.41, 5.74) is 6.24. The van der Waals surface area contributed by atoms with Gasteiger partial charge in [-0.05, 0) is 30.6 Å². The van der Waals surface area contributed by atoms with Crippen LogP contribution in [0.4, 0.5) is 0 Å². The van der Waals surface area contributed by atoms with Crippen LogP contribution in [0.3, 0.4) is 0 Å². The monoisotopic (exact) mass is 185 g/mol. The van der Waals surface area contributed by atoms with Crippen LogP contribution in [-0.4, -0.2) is 17.8 Å². The molecule has 3 N–H and O–H groups in total. The molecule has 0 saturated heterocycles. The van der Waals surface area contributed by atoms with Crippen molar-refractivity contribution >= 4 is 0 Å². The fraction of sp³-hybridized carbons (Fsp3) is 1.00. The van der Waals surface area contributed by atoms with Crippen molar-refractivity contribution in [1.82, 2.24) is 0 Å². The first-order valence-corrected chi connectivity index (χ1v) is 5.40. The largest absolute Gasteiger partial charge is 0.395 e. The minimum Gasteiger partial charge on any atom is -0.395 e. The summed E-state index contributed by atoms with van der Waals surface area (Å²) >= 11 is 0. The maximum Gasteiger partial charge on any atom is 0.0582 e. The molecule has 1 aliphatic rings. The Morgan fingerprint density at radius 1 is 1.54 bits per heavy atom. The quantitative estimate of drug-likeness (QED) is 0.705. The van der Waals surface area contributed by atoms with Gasteiger partial charge in [-0.1, -0.05) is 26.7 Å². The van der Waals surface area contributed by atoms with E-state index in [9.17, 15) is 0 Å². The first-order valence-electron chi connectivity index (χ1n) is 5.40. The second-order valence-electron chi connectivity index (χ2n) is 5.30. The third-order valence-electron chi connectivity index (χ3n) is 3.18. The standard InChI is InChI=1S/C11H23NO/c1-11(2)5-3-4-9(7-11)6-10(12)8-13/h9-10,13H,3-8,12H2,1-2H3. The molecule has 13 heavy (non-hydrogen) atoms. The van der Waals surface area contributed by atoms with Crippen LogP contribution in [0.5, 0.6) is 0 Å². The highest BCUT2D eigenvalue weighted by atomic mass is 16.3. The van der Waals surface area contributed by atoms with Gasteiger partial charge in [0.2, 0.25) is 0 Å². The van der Waals surface area contributed by atoms with Gasteiger partial charge in [-0.15, -0.1) is 0 Å². The van der Waals surface area contributed by atoms with E-state index in [0.29, 0.717) is 5.41 Å². The lowest BCUT2D eigenvalue weighted by Gasteiger charge is -2.36. The molecule has 0 amide bonds. The van der Waals surface area contributed by atoms with E-state index in [0.717, 1.165) is 12.3 Å². The summed E-state index contributed by atoms with van der Waals surface area (Å²) in [4.78, 5) is 0. The third kappa shape index (κ3) is 3.65. The van der Waals surface area contributed by atoms with Crippen LogP contribution in [-0.2, 0) is 0 Å². The molecule has 0 bridgehead atoms. The molecular formula is C11H23NO. The van der Waals surface area contributed by atoms with E-state index in [2.05, 4.69) is 13.8 Å². The van der Waals surface area contributed by atoms with Crippen molar-refractivity contribution < 1.29 is 5.11 Å². The lowest BCUT2D eigenvalue weighted by molar-refractivity contribution is 0.154. The van der Waals surface area contributed by atoms with Crippen molar-refractivity contribution in [2.75, 3.05) is 6.61 Å². The van der Waals surface area contributed by atoms with E-state index in [4.69, 9.17) is 10.8 Å². The fourth-order valence-electron chi connectivity index (χ4n) is 2.56. The van der Waals surface area contributed by atoms with Crippen LogP contribution in [0.1, 0.15) is 46.0 Å². The summed E-state index contributed by atoms with van der Waals surface area (Å²) in [6, 6.07) is -0.00102. The molecule has 1 rings (SSSR count). The van der Waals surface area contributed by atoms with Crippen molar-refractivity contribution in [2.24, 2.45) is 17.1 Å². The van der Waals surface area contributed by atoms with Crippen LogP contribution in [0.15, 0.2) is 0 Å². The van der Waals surface area contributed by atoms with E-state index in [-0.39, 0.29) is 12.6 Å². The van der Waals surface area contributed by atoms with Crippen LogP contribution < -0.4 is 5.73 Å². The highest BCUT2D eigenvalue weighted by molar-refractivity contribution is 4.81. The van der Waals surface area contributed by atoms with Gasteiger partial charge in [0.15, 0.2) is 0 Å². The number of rotatable bonds is 3. The fourth-order valence-corrected chi connectivity index (χ4v) is 2.56. The molecule has 0 aromatic heterocycles. The Hall–Kier alpha value is -0.0800. The zero-order chi connectivity index (χ0) is 9.90. The minimum atomic E-state index is -0.00102. The van der Waals surface area contributed by atoms with Crippen molar-refractivity contribution in [3.05, 3.63) is 0 Å². The molecule has 0 aromatic carbocycles. The molecule has 78 valence electrons. The van der Waals surface area contributed by atoms with Gasteiger partial charge in [0, 0.05) is 6.04 Å². The number of hydrogen-bond acceptors (Lipinski definition) is 2. The summed E-state index contributed by atoms with van der Waals surface area (Å²) in [6.45, 7) is 4.81. The Morgan fingerprint density at radius 2 is 2.23 bits per heavy atom. The topological polar surface area (TPSA) is 46.2 Å². The Balaban J connectivity index is 2.34. The Labute approximate surface area is 81.5 Å². The van der Waals surface area contributed by atoms with E-state index >= 15 is 0 Å². The molecule has 1 saturated carbocycles. The molecule has 0 heterocycles. The second-order valence-corrected chi connectivity index (χ2v) is 5.30. The first-order chi connectivity index (χ1) is 6.03. The third-order valence-corrected chi connectivity index (χ3v) is 3.18. The van der Waals surface area contributed by atoms with Crippen molar-refractivity contribution in [1.29, 1.82) is 0 Å². The molecule has 0 spiro atoms. The van der Waals surface area contributed by atoms with Gasteiger partial charge in [-0.2, -0.15) is 0 Å². The lowest BCUT2D eigenvalue weighted by Crippen LogP contribution is -2.31. The minimum absolute atomic E-state index is 0.00102. The van der Waals surface area contributed by atoms with E-state index in [1.165, 1.54) is 25.7 Å². The van der Waals surface area contributed by atoms with Gasteiger partial charge in [-0.25, -0.2) is 0 Å². The van der Waals surface area contributed by atoms with E-state index in [1.807, 2.05) is 0 Å². The molecule has 2 nitrogen and oxygen atoms in total. The summed E-state index contributed by atoms with van der Waals surface area (Å²) in [5, 5.41) is 8.87. The molecule has 1 aliphatic carbocycles. The summed E-state index contributed by atoms with van der Waals surface area (Å²) in [6.07, 6.45) is 6.26. The second kappa shape index (κ2) is 4.43. The molecule has 0 radical (unpaired) electrons. The average molecular weight is 185 g/mol. The van der Waals surface area contributed by atoms with Gasteiger partial charge >= 0.3 is 0 Å². The normalized spacial score (nSPS) is 30.0. The maximum absolute atomic E-state index is 8.87. The Bertz CT molecular complexity index is 156.